The topological polar surface area (TPSA) is 88.0 Å². The number of hydrogen-bond donors (Lipinski definition) is 3. The van der Waals surface area contributed by atoms with E-state index >= 15 is 0 Å². The average molecular weight is 341 g/mol. The quantitative estimate of drug-likeness (QED) is 0.794. The minimum Gasteiger partial charge on any atom is -0.354 e. The zero-order chi connectivity index (χ0) is 17.6. The van der Waals surface area contributed by atoms with Crippen LogP contribution in [0.4, 0.5) is 4.79 Å². The summed E-state index contributed by atoms with van der Waals surface area (Å²) in [6.45, 7) is 2.59. The average Bonchev–Trinajstić information content (AvgIpc) is 3.07. The van der Waals surface area contributed by atoms with Crippen LogP contribution in [0, 0.1) is 0 Å². The van der Waals surface area contributed by atoms with Crippen LogP contribution in [-0.4, -0.2) is 34.1 Å². The molecule has 132 valence electrons. The van der Waals surface area contributed by atoms with Gasteiger partial charge in [-0.15, -0.1) is 0 Å². The Hall–Kier alpha value is -2.83. The van der Waals surface area contributed by atoms with Gasteiger partial charge in [-0.3, -0.25) is 4.79 Å². The van der Waals surface area contributed by atoms with Crippen molar-refractivity contribution in [3.63, 3.8) is 0 Å². The molecule has 25 heavy (non-hydrogen) atoms. The van der Waals surface area contributed by atoms with Crippen molar-refractivity contribution < 1.29 is 9.59 Å². The largest absolute Gasteiger partial charge is 0.354 e. The molecule has 1 aliphatic heterocycles. The third-order valence-corrected chi connectivity index (χ3v) is 4.38. The maximum atomic E-state index is 12.2. The molecule has 1 aromatic heterocycles. The van der Waals surface area contributed by atoms with Crippen LogP contribution in [0.2, 0.25) is 0 Å². The molecule has 2 aromatic rings. The van der Waals surface area contributed by atoms with Gasteiger partial charge in [-0.2, -0.15) is 0 Å². The lowest BCUT2D eigenvalue weighted by molar-refractivity contribution is -0.122. The van der Waals surface area contributed by atoms with Crippen LogP contribution in [-0.2, 0) is 4.79 Å². The fourth-order valence-electron chi connectivity index (χ4n) is 2.90. The van der Waals surface area contributed by atoms with Crippen molar-refractivity contribution in [2.24, 2.45) is 0 Å². The Morgan fingerprint density at radius 2 is 2.12 bits per heavy atom. The molecule has 1 aliphatic rings. The van der Waals surface area contributed by atoms with Crippen LogP contribution >= 0.6 is 0 Å². The van der Waals surface area contributed by atoms with E-state index in [2.05, 4.69) is 20.9 Å². The van der Waals surface area contributed by atoms with E-state index in [1.165, 1.54) is 0 Å². The van der Waals surface area contributed by atoms with E-state index in [0.29, 0.717) is 13.0 Å². The highest BCUT2D eigenvalue weighted by atomic mass is 16.2. The summed E-state index contributed by atoms with van der Waals surface area (Å²) in [4.78, 5) is 28.1. The van der Waals surface area contributed by atoms with Crippen molar-refractivity contribution >= 4 is 11.9 Å². The monoisotopic (exact) mass is 341 g/mol. The van der Waals surface area contributed by atoms with Gasteiger partial charge >= 0.3 is 6.03 Å². The molecular weight excluding hydrogens is 318 g/mol. The summed E-state index contributed by atoms with van der Waals surface area (Å²) in [6, 6.07) is 6.95. The third kappa shape index (κ3) is 4.37. The Morgan fingerprint density at radius 1 is 1.32 bits per heavy atom. The van der Waals surface area contributed by atoms with E-state index in [9.17, 15) is 9.59 Å². The van der Waals surface area contributed by atoms with Gasteiger partial charge in [0.05, 0.1) is 12.4 Å². The molecule has 2 heterocycles. The number of aromatic nitrogens is 2. The number of hydrogen-bond acceptors (Lipinski definition) is 3. The van der Waals surface area contributed by atoms with Crippen LogP contribution < -0.4 is 16.0 Å². The predicted octanol–water partition coefficient (Wildman–Crippen LogP) is 1.90. The van der Waals surface area contributed by atoms with Crippen LogP contribution in [0.25, 0.3) is 5.69 Å². The molecule has 1 aromatic carbocycles. The van der Waals surface area contributed by atoms with E-state index in [1.54, 1.807) is 12.5 Å². The minimum atomic E-state index is -0.460. The molecule has 1 fully saturated rings. The number of benzene rings is 1. The molecule has 7 heteroatoms. The summed E-state index contributed by atoms with van der Waals surface area (Å²) in [7, 11) is 0. The zero-order valence-corrected chi connectivity index (χ0v) is 14.2. The SMILES string of the molecule is C[C@H](NC(=O)N[C@H]1CCCCNC1=O)c1ccc(-n2ccnc2)cc1. The fraction of sp³-hybridized carbons (Fsp3) is 0.389. The van der Waals surface area contributed by atoms with E-state index in [4.69, 9.17) is 0 Å². The summed E-state index contributed by atoms with van der Waals surface area (Å²) in [5.74, 6) is -0.106. The molecule has 0 radical (unpaired) electrons. The number of carbonyl (C=O) groups is 2. The molecule has 3 amide bonds. The Balaban J connectivity index is 1.56. The summed E-state index contributed by atoms with van der Waals surface area (Å²) < 4.78 is 1.92. The van der Waals surface area contributed by atoms with Crippen molar-refractivity contribution in [2.45, 2.75) is 38.3 Å². The highest BCUT2D eigenvalue weighted by Gasteiger charge is 2.22. The van der Waals surface area contributed by atoms with Gasteiger partial charge in [0.1, 0.15) is 6.04 Å². The van der Waals surface area contributed by atoms with Crippen LogP contribution in [0.5, 0.6) is 0 Å². The Morgan fingerprint density at radius 3 is 2.84 bits per heavy atom. The molecule has 2 atom stereocenters. The molecule has 3 N–H and O–H groups in total. The number of nitrogens with zero attached hydrogens (tertiary/aromatic N) is 2. The first-order valence-corrected chi connectivity index (χ1v) is 8.56. The molecule has 7 nitrogen and oxygen atoms in total. The normalized spacial score (nSPS) is 18.8. The molecule has 0 bridgehead atoms. The van der Waals surface area contributed by atoms with Gasteiger partial charge in [-0.25, -0.2) is 9.78 Å². The molecule has 1 saturated heterocycles. The van der Waals surface area contributed by atoms with Gasteiger partial charge in [0.15, 0.2) is 0 Å². The standard InChI is InChI=1S/C18H23N5O2/c1-13(14-5-7-15(8-6-14)23-11-10-19-12-23)21-18(25)22-16-4-2-3-9-20-17(16)24/h5-8,10-13,16H,2-4,9H2,1H3,(H,20,24)(H2,21,22,25)/t13-,16-/m0/s1. The number of carbonyl (C=O) groups excluding carboxylic acids is 2. The number of rotatable bonds is 4. The second-order valence-corrected chi connectivity index (χ2v) is 6.24. The molecule has 0 spiro atoms. The molecule has 0 aliphatic carbocycles. The summed E-state index contributed by atoms with van der Waals surface area (Å²) in [6.07, 6.45) is 7.89. The van der Waals surface area contributed by atoms with E-state index in [1.807, 2.05) is 42.0 Å². The highest BCUT2D eigenvalue weighted by molar-refractivity contribution is 5.87. The van der Waals surface area contributed by atoms with Crippen molar-refractivity contribution in [1.82, 2.24) is 25.5 Å². The Labute approximate surface area is 146 Å². The first kappa shape index (κ1) is 17.0. The Bertz CT molecular complexity index is 712. The zero-order valence-electron chi connectivity index (χ0n) is 14.2. The lowest BCUT2D eigenvalue weighted by Gasteiger charge is -2.19. The minimum absolute atomic E-state index is 0.106. The van der Waals surface area contributed by atoms with Gasteiger partial charge in [-0.1, -0.05) is 12.1 Å². The van der Waals surface area contributed by atoms with Gasteiger partial charge in [0.2, 0.25) is 5.91 Å². The van der Waals surface area contributed by atoms with Crippen LogP contribution in [0.3, 0.4) is 0 Å². The van der Waals surface area contributed by atoms with Crippen molar-refractivity contribution in [3.8, 4) is 5.69 Å². The van der Waals surface area contributed by atoms with E-state index in [0.717, 1.165) is 24.1 Å². The maximum Gasteiger partial charge on any atom is 0.315 e. The first-order chi connectivity index (χ1) is 12.1. The van der Waals surface area contributed by atoms with Gasteiger partial charge in [0.25, 0.3) is 0 Å². The van der Waals surface area contributed by atoms with Crippen LogP contribution in [0.1, 0.15) is 37.8 Å². The second kappa shape index (κ2) is 7.83. The smallest absolute Gasteiger partial charge is 0.315 e. The number of urea groups is 1. The third-order valence-electron chi connectivity index (χ3n) is 4.38. The lowest BCUT2D eigenvalue weighted by atomic mass is 10.1. The van der Waals surface area contributed by atoms with E-state index in [-0.39, 0.29) is 18.0 Å². The number of amides is 3. The summed E-state index contributed by atoms with van der Waals surface area (Å²) >= 11 is 0. The predicted molar refractivity (Wildman–Crippen MR) is 94.3 cm³/mol. The van der Waals surface area contributed by atoms with Gasteiger partial charge in [0, 0.05) is 24.6 Å². The summed E-state index contributed by atoms with van der Waals surface area (Å²) in [5.41, 5.74) is 2.00. The van der Waals surface area contributed by atoms with Gasteiger partial charge in [-0.05, 0) is 43.9 Å². The molecular formula is C18H23N5O2. The second-order valence-electron chi connectivity index (χ2n) is 6.24. The lowest BCUT2D eigenvalue weighted by Crippen LogP contribution is -2.49. The van der Waals surface area contributed by atoms with Crippen molar-refractivity contribution in [1.29, 1.82) is 0 Å². The van der Waals surface area contributed by atoms with Crippen LogP contribution in [0.15, 0.2) is 43.0 Å². The molecule has 3 rings (SSSR count). The fourth-order valence-corrected chi connectivity index (χ4v) is 2.90. The molecule has 0 unspecified atom stereocenters. The van der Waals surface area contributed by atoms with Crippen molar-refractivity contribution in [2.75, 3.05) is 6.54 Å². The summed E-state index contributed by atoms with van der Waals surface area (Å²) in [5, 5.41) is 8.47. The van der Waals surface area contributed by atoms with Crippen molar-refractivity contribution in [3.05, 3.63) is 48.5 Å². The first-order valence-electron chi connectivity index (χ1n) is 8.56. The van der Waals surface area contributed by atoms with E-state index < -0.39 is 6.04 Å². The Kier molecular flexibility index (Phi) is 5.33. The number of nitrogens with one attached hydrogen (secondary N) is 3. The maximum absolute atomic E-state index is 12.2. The molecule has 0 saturated carbocycles. The number of imidazole rings is 1. The van der Waals surface area contributed by atoms with Gasteiger partial charge < -0.3 is 20.5 Å². The highest BCUT2D eigenvalue weighted by Crippen LogP contribution is 2.15.